The number of amides is 2. The number of morpholine rings is 1. The lowest BCUT2D eigenvalue weighted by atomic mass is 10.1. The van der Waals surface area contributed by atoms with Gasteiger partial charge in [-0.1, -0.05) is 18.2 Å². The summed E-state index contributed by atoms with van der Waals surface area (Å²) in [7, 11) is 0. The predicted octanol–water partition coefficient (Wildman–Crippen LogP) is 2.26. The average molecular weight is 331 g/mol. The smallest absolute Gasteiger partial charge is 0.320 e. The quantitative estimate of drug-likeness (QED) is 0.834. The monoisotopic (exact) mass is 331 g/mol. The summed E-state index contributed by atoms with van der Waals surface area (Å²) in [4.78, 5) is 19.1. The van der Waals surface area contributed by atoms with Crippen LogP contribution < -0.4 is 0 Å². The molecule has 2 fully saturated rings. The van der Waals surface area contributed by atoms with Gasteiger partial charge in [-0.05, 0) is 37.0 Å². The van der Waals surface area contributed by atoms with Crippen molar-refractivity contribution in [3.05, 3.63) is 34.9 Å². The Hall–Kier alpha value is -1.59. The predicted molar refractivity (Wildman–Crippen MR) is 95.2 cm³/mol. The highest BCUT2D eigenvalue weighted by Crippen LogP contribution is 2.14. The third-order valence-corrected chi connectivity index (χ3v) is 5.12. The van der Waals surface area contributed by atoms with Crippen LogP contribution in [0.2, 0.25) is 0 Å². The number of carbonyl (C=O) groups is 1. The van der Waals surface area contributed by atoms with Crippen LogP contribution in [0.1, 0.15) is 23.1 Å². The van der Waals surface area contributed by atoms with Crippen molar-refractivity contribution in [2.24, 2.45) is 0 Å². The Bertz CT molecular complexity index is 570. The summed E-state index contributed by atoms with van der Waals surface area (Å²) >= 11 is 0. The van der Waals surface area contributed by atoms with E-state index >= 15 is 0 Å². The number of nitrogens with zero attached hydrogens (tertiary/aromatic N) is 3. The molecule has 0 aromatic heterocycles. The molecule has 5 heteroatoms. The van der Waals surface area contributed by atoms with Crippen LogP contribution in [-0.2, 0) is 11.3 Å². The van der Waals surface area contributed by atoms with Gasteiger partial charge in [-0.3, -0.25) is 4.90 Å². The first kappa shape index (κ1) is 17.2. The summed E-state index contributed by atoms with van der Waals surface area (Å²) in [5.74, 6) is 0. The van der Waals surface area contributed by atoms with Crippen molar-refractivity contribution in [2.75, 3.05) is 52.5 Å². The first-order valence-corrected chi connectivity index (χ1v) is 9.03. The van der Waals surface area contributed by atoms with Gasteiger partial charge < -0.3 is 14.5 Å². The molecule has 1 aromatic rings. The van der Waals surface area contributed by atoms with E-state index in [4.69, 9.17) is 4.74 Å². The van der Waals surface area contributed by atoms with E-state index in [0.29, 0.717) is 13.2 Å². The van der Waals surface area contributed by atoms with Crippen molar-refractivity contribution in [3.63, 3.8) is 0 Å². The van der Waals surface area contributed by atoms with Crippen molar-refractivity contribution < 1.29 is 9.53 Å². The summed E-state index contributed by atoms with van der Waals surface area (Å²) in [6.45, 7) is 11.8. The van der Waals surface area contributed by atoms with Gasteiger partial charge in [0.05, 0.1) is 13.2 Å². The molecule has 0 bridgehead atoms. The third kappa shape index (κ3) is 4.28. The van der Waals surface area contributed by atoms with E-state index in [1.165, 1.54) is 16.7 Å². The number of benzene rings is 1. The number of aryl methyl sites for hydroxylation is 2. The highest BCUT2D eigenvalue weighted by Gasteiger charge is 2.24. The second-order valence-electron chi connectivity index (χ2n) is 6.92. The fourth-order valence-corrected chi connectivity index (χ4v) is 3.44. The van der Waals surface area contributed by atoms with E-state index < -0.39 is 0 Å². The van der Waals surface area contributed by atoms with E-state index in [-0.39, 0.29) is 6.03 Å². The molecule has 0 unspecified atom stereocenters. The van der Waals surface area contributed by atoms with Crippen LogP contribution in [0.5, 0.6) is 0 Å². The number of hydrogen-bond acceptors (Lipinski definition) is 3. The first-order valence-electron chi connectivity index (χ1n) is 9.03. The summed E-state index contributed by atoms with van der Waals surface area (Å²) in [6.07, 6.45) is 1.04. The molecule has 3 rings (SSSR count). The molecular weight excluding hydrogens is 302 g/mol. The van der Waals surface area contributed by atoms with Crippen molar-refractivity contribution in [3.8, 4) is 0 Å². The maximum Gasteiger partial charge on any atom is 0.320 e. The number of hydrogen-bond donors (Lipinski definition) is 0. The van der Waals surface area contributed by atoms with Gasteiger partial charge in [-0.25, -0.2) is 4.79 Å². The second-order valence-corrected chi connectivity index (χ2v) is 6.92. The maximum atomic E-state index is 12.6. The average Bonchev–Trinajstić information content (AvgIpc) is 2.84. The summed E-state index contributed by atoms with van der Waals surface area (Å²) < 4.78 is 5.34. The van der Waals surface area contributed by atoms with Crippen LogP contribution in [0.4, 0.5) is 4.79 Å². The lowest BCUT2D eigenvalue weighted by molar-refractivity contribution is 0.0436. The zero-order valence-electron chi connectivity index (χ0n) is 15.0. The molecule has 0 atom stereocenters. The topological polar surface area (TPSA) is 36.0 Å². The van der Waals surface area contributed by atoms with E-state index in [1.54, 1.807) is 0 Å². The molecule has 2 heterocycles. The SMILES string of the molecule is Cc1ccc(CN2CCCN(C(=O)N3CCOCC3)CC2)cc1C. The number of carbonyl (C=O) groups excluding carboxylic acids is 1. The Morgan fingerprint density at radius 3 is 2.46 bits per heavy atom. The molecule has 0 N–H and O–H groups in total. The molecular formula is C19H29N3O2. The zero-order valence-corrected chi connectivity index (χ0v) is 15.0. The third-order valence-electron chi connectivity index (χ3n) is 5.12. The fraction of sp³-hybridized carbons (Fsp3) is 0.632. The molecule has 24 heavy (non-hydrogen) atoms. The minimum atomic E-state index is 0.186. The van der Waals surface area contributed by atoms with Crippen molar-refractivity contribution in [1.82, 2.24) is 14.7 Å². The summed E-state index contributed by atoms with van der Waals surface area (Å²) in [5, 5.41) is 0. The van der Waals surface area contributed by atoms with Crippen LogP contribution in [0.25, 0.3) is 0 Å². The molecule has 0 saturated carbocycles. The molecule has 0 radical (unpaired) electrons. The second kappa shape index (κ2) is 7.99. The Morgan fingerprint density at radius 2 is 1.71 bits per heavy atom. The molecule has 5 nitrogen and oxygen atoms in total. The van der Waals surface area contributed by atoms with Crippen molar-refractivity contribution in [1.29, 1.82) is 0 Å². The fourth-order valence-electron chi connectivity index (χ4n) is 3.44. The molecule has 2 saturated heterocycles. The van der Waals surface area contributed by atoms with E-state index in [0.717, 1.165) is 52.2 Å². The Balaban J connectivity index is 1.54. The van der Waals surface area contributed by atoms with Gasteiger partial charge in [-0.2, -0.15) is 0 Å². The molecule has 2 aliphatic rings. The first-order chi connectivity index (χ1) is 11.6. The maximum absolute atomic E-state index is 12.6. The standard InChI is InChI=1S/C19H29N3O2/c1-16-4-5-18(14-17(16)2)15-20-6-3-7-21(9-8-20)19(23)22-10-12-24-13-11-22/h4-5,14H,3,6-13,15H2,1-2H3. The van der Waals surface area contributed by atoms with Crippen LogP contribution in [0.3, 0.4) is 0 Å². The Labute approximate surface area is 145 Å². The molecule has 2 amide bonds. The van der Waals surface area contributed by atoms with Gasteiger partial charge in [0, 0.05) is 45.8 Å². The summed E-state index contributed by atoms with van der Waals surface area (Å²) in [6, 6.07) is 6.91. The number of rotatable bonds is 2. The van der Waals surface area contributed by atoms with Gasteiger partial charge >= 0.3 is 6.03 Å². The minimum absolute atomic E-state index is 0.186. The molecule has 2 aliphatic heterocycles. The Morgan fingerprint density at radius 1 is 0.958 bits per heavy atom. The van der Waals surface area contributed by atoms with Crippen LogP contribution in [0, 0.1) is 13.8 Å². The molecule has 0 spiro atoms. The van der Waals surface area contributed by atoms with Crippen molar-refractivity contribution >= 4 is 6.03 Å². The summed E-state index contributed by atoms with van der Waals surface area (Å²) in [5.41, 5.74) is 4.06. The van der Waals surface area contributed by atoms with Gasteiger partial charge in [-0.15, -0.1) is 0 Å². The Kier molecular flexibility index (Phi) is 5.74. The lowest BCUT2D eigenvalue weighted by Gasteiger charge is -2.32. The largest absolute Gasteiger partial charge is 0.378 e. The lowest BCUT2D eigenvalue weighted by Crippen LogP contribution is -2.49. The number of urea groups is 1. The van der Waals surface area contributed by atoms with Gasteiger partial charge in [0.1, 0.15) is 0 Å². The zero-order chi connectivity index (χ0) is 16.9. The highest BCUT2D eigenvalue weighted by molar-refractivity contribution is 5.74. The van der Waals surface area contributed by atoms with Gasteiger partial charge in [0.25, 0.3) is 0 Å². The minimum Gasteiger partial charge on any atom is -0.378 e. The van der Waals surface area contributed by atoms with E-state index in [1.807, 2.05) is 9.80 Å². The molecule has 0 aliphatic carbocycles. The van der Waals surface area contributed by atoms with Crippen LogP contribution in [-0.4, -0.2) is 73.2 Å². The van der Waals surface area contributed by atoms with Crippen molar-refractivity contribution in [2.45, 2.75) is 26.8 Å². The van der Waals surface area contributed by atoms with E-state index in [9.17, 15) is 4.79 Å². The van der Waals surface area contributed by atoms with Crippen LogP contribution in [0.15, 0.2) is 18.2 Å². The van der Waals surface area contributed by atoms with Gasteiger partial charge in [0.2, 0.25) is 0 Å². The molecule has 132 valence electrons. The highest BCUT2D eigenvalue weighted by atomic mass is 16.5. The number of ether oxygens (including phenoxy) is 1. The normalized spacial score (nSPS) is 20.1. The van der Waals surface area contributed by atoms with Gasteiger partial charge in [0.15, 0.2) is 0 Å². The van der Waals surface area contributed by atoms with E-state index in [2.05, 4.69) is 36.9 Å². The molecule has 1 aromatic carbocycles. The van der Waals surface area contributed by atoms with Crippen LogP contribution >= 0.6 is 0 Å².